The van der Waals surface area contributed by atoms with Crippen molar-refractivity contribution in [3.63, 3.8) is 0 Å². The second kappa shape index (κ2) is 8.67. The van der Waals surface area contributed by atoms with Crippen molar-refractivity contribution in [3.8, 4) is 0 Å². The Labute approximate surface area is 129 Å². The summed E-state index contributed by atoms with van der Waals surface area (Å²) in [5, 5.41) is 21.9. The normalized spacial score (nSPS) is 13.7. The topological polar surface area (TPSA) is 65.0 Å². The van der Waals surface area contributed by atoms with Gasteiger partial charge in [0.2, 0.25) is 0 Å². The molecule has 0 spiro atoms. The maximum Gasteiger partial charge on any atom is 0.129 e. The molecule has 0 aliphatic carbocycles. The molecule has 0 bridgehead atoms. The van der Waals surface area contributed by atoms with Crippen LogP contribution in [-0.4, -0.2) is 40.3 Å². The van der Waals surface area contributed by atoms with Crippen LogP contribution in [0.3, 0.4) is 0 Å². The van der Waals surface area contributed by atoms with Gasteiger partial charge in [-0.15, -0.1) is 4.33 Å². The Kier molecular flexibility index (Phi) is 7.58. The second-order valence-electron chi connectivity index (χ2n) is 5.43. The first-order valence-corrected chi connectivity index (χ1v) is 7.45. The predicted octanol–water partition coefficient (Wildman–Crippen LogP) is 2.60. The smallest absolute Gasteiger partial charge is 0.129 e. The second-order valence-corrected chi connectivity index (χ2v) is 6.35. The molecule has 0 amide bonds. The Bertz CT molecular complexity index is 434. The largest absolute Gasteiger partial charge is 0.386 e. The van der Waals surface area contributed by atoms with Crippen LogP contribution in [0, 0.1) is 5.82 Å². The van der Waals surface area contributed by atoms with Crippen LogP contribution in [0.25, 0.3) is 0 Å². The molecule has 0 fully saturated rings. The zero-order chi connectivity index (χ0) is 15.9. The van der Waals surface area contributed by atoms with Gasteiger partial charge in [-0.2, -0.15) is 0 Å². The lowest BCUT2D eigenvalue weighted by Crippen LogP contribution is -2.45. The van der Waals surface area contributed by atoms with Crippen LogP contribution < -0.4 is 5.32 Å². The summed E-state index contributed by atoms with van der Waals surface area (Å²) >= 11 is 0.856. The molecule has 0 aromatic heterocycles. The number of nitrogens with one attached hydrogen (secondary N) is 1. The van der Waals surface area contributed by atoms with Crippen LogP contribution in [0.1, 0.15) is 31.9 Å². The highest BCUT2D eigenvalue weighted by molar-refractivity contribution is 7.92. The van der Waals surface area contributed by atoms with Crippen molar-refractivity contribution < 1.29 is 19.1 Å². The number of benzene rings is 1. The van der Waals surface area contributed by atoms with Gasteiger partial charge in [-0.1, -0.05) is 18.2 Å². The van der Waals surface area contributed by atoms with Crippen LogP contribution in [0.4, 0.5) is 4.39 Å². The Morgan fingerprint density at radius 3 is 2.71 bits per heavy atom. The first kappa shape index (κ1) is 18.3. The number of hydrogen-bond acceptors (Lipinski definition) is 6. The number of aliphatic hydroxyl groups excluding tert-OH is 1. The zero-order valence-corrected chi connectivity index (χ0v) is 13.4. The highest BCUT2D eigenvalue weighted by atomic mass is 32.2. The summed E-state index contributed by atoms with van der Waals surface area (Å²) in [6.45, 7) is 5.01. The molecule has 0 saturated heterocycles. The van der Waals surface area contributed by atoms with Crippen LogP contribution in [0.5, 0.6) is 0 Å². The molecule has 120 valence electrons. The molecule has 1 rings (SSSR count). The SMILES string of the molecule is CN(CCCNC(C)(C)C(O)c1ccccc1F)SOO. The van der Waals surface area contributed by atoms with Crippen LogP contribution in [0.15, 0.2) is 24.3 Å². The van der Waals surface area contributed by atoms with Gasteiger partial charge in [0.25, 0.3) is 0 Å². The predicted molar refractivity (Wildman–Crippen MR) is 82.0 cm³/mol. The van der Waals surface area contributed by atoms with Gasteiger partial charge in [0.15, 0.2) is 0 Å². The third-order valence-electron chi connectivity index (χ3n) is 3.27. The van der Waals surface area contributed by atoms with Gasteiger partial charge in [0.05, 0.1) is 6.10 Å². The van der Waals surface area contributed by atoms with E-state index in [4.69, 9.17) is 5.26 Å². The fourth-order valence-electron chi connectivity index (χ4n) is 1.99. The van der Waals surface area contributed by atoms with Crippen molar-refractivity contribution in [2.24, 2.45) is 0 Å². The van der Waals surface area contributed by atoms with Gasteiger partial charge < -0.3 is 10.4 Å². The average molecular weight is 318 g/mol. The van der Waals surface area contributed by atoms with Crippen molar-refractivity contribution >= 4 is 12.2 Å². The highest BCUT2D eigenvalue weighted by Crippen LogP contribution is 2.27. The Morgan fingerprint density at radius 1 is 1.43 bits per heavy atom. The summed E-state index contributed by atoms with van der Waals surface area (Å²) < 4.78 is 19.4. The summed E-state index contributed by atoms with van der Waals surface area (Å²) in [5.74, 6) is -0.406. The van der Waals surface area contributed by atoms with E-state index in [1.807, 2.05) is 13.8 Å². The minimum Gasteiger partial charge on any atom is -0.386 e. The molecule has 7 heteroatoms. The molecule has 0 aliphatic rings. The summed E-state index contributed by atoms with van der Waals surface area (Å²) in [7, 11) is 1.79. The third-order valence-corrected chi connectivity index (χ3v) is 3.78. The van der Waals surface area contributed by atoms with E-state index in [0.29, 0.717) is 13.1 Å². The minimum atomic E-state index is -0.938. The van der Waals surface area contributed by atoms with Crippen molar-refractivity contribution in [3.05, 3.63) is 35.6 Å². The lowest BCUT2D eigenvalue weighted by molar-refractivity contribution is -0.120. The van der Waals surface area contributed by atoms with Crippen molar-refractivity contribution in [1.29, 1.82) is 0 Å². The Balaban J connectivity index is 2.47. The molecule has 5 nitrogen and oxygen atoms in total. The van der Waals surface area contributed by atoms with E-state index in [-0.39, 0.29) is 5.56 Å². The fourth-order valence-corrected chi connectivity index (χ4v) is 2.31. The van der Waals surface area contributed by atoms with E-state index in [1.54, 1.807) is 29.6 Å². The van der Waals surface area contributed by atoms with Crippen molar-refractivity contribution in [2.45, 2.75) is 31.9 Å². The monoisotopic (exact) mass is 318 g/mol. The molecule has 3 N–H and O–H groups in total. The third kappa shape index (κ3) is 5.90. The van der Waals surface area contributed by atoms with E-state index >= 15 is 0 Å². The molecular weight excluding hydrogens is 295 g/mol. The molecule has 0 radical (unpaired) electrons. The van der Waals surface area contributed by atoms with E-state index in [0.717, 1.165) is 18.6 Å². The number of halogens is 1. The summed E-state index contributed by atoms with van der Waals surface area (Å²) in [6, 6.07) is 6.24. The molecule has 1 atom stereocenters. The van der Waals surface area contributed by atoms with Crippen LogP contribution >= 0.6 is 12.2 Å². The summed E-state index contributed by atoms with van der Waals surface area (Å²) in [6.07, 6.45) is -0.146. The fraction of sp³-hybridized carbons (Fsp3) is 0.571. The lowest BCUT2D eigenvalue weighted by Gasteiger charge is -2.32. The summed E-state index contributed by atoms with van der Waals surface area (Å²) in [5.41, 5.74) is -0.363. The molecule has 21 heavy (non-hydrogen) atoms. The van der Waals surface area contributed by atoms with Gasteiger partial charge in [-0.05, 0) is 39.9 Å². The first-order chi connectivity index (χ1) is 9.88. The average Bonchev–Trinajstić information content (AvgIpc) is 2.44. The number of nitrogens with zero attached hydrogens (tertiary/aromatic N) is 1. The number of hydrogen-bond donors (Lipinski definition) is 3. The molecule has 0 aliphatic heterocycles. The molecule has 0 heterocycles. The molecule has 1 aromatic carbocycles. The van der Waals surface area contributed by atoms with E-state index in [1.165, 1.54) is 6.07 Å². The van der Waals surface area contributed by atoms with E-state index < -0.39 is 17.5 Å². The highest BCUT2D eigenvalue weighted by Gasteiger charge is 2.30. The molecule has 1 unspecified atom stereocenters. The van der Waals surface area contributed by atoms with Crippen molar-refractivity contribution in [2.75, 3.05) is 20.1 Å². The number of rotatable bonds is 9. The van der Waals surface area contributed by atoms with E-state index in [9.17, 15) is 9.50 Å². The standard InChI is InChI=1S/C14H23FN2O3S/c1-14(2,16-9-6-10-17(3)21-20-19)13(18)11-7-4-5-8-12(11)15/h4-5,7-8,13,16,18-19H,6,9-10H2,1-3H3. The van der Waals surface area contributed by atoms with Gasteiger partial charge in [0, 0.05) is 17.6 Å². The van der Waals surface area contributed by atoms with Crippen LogP contribution in [-0.2, 0) is 4.33 Å². The van der Waals surface area contributed by atoms with Crippen molar-refractivity contribution in [1.82, 2.24) is 9.62 Å². The Morgan fingerprint density at radius 2 is 2.10 bits per heavy atom. The Hall–Kier alpha value is -0.700. The first-order valence-electron chi connectivity index (χ1n) is 6.75. The maximum absolute atomic E-state index is 13.7. The van der Waals surface area contributed by atoms with Gasteiger partial charge in [-0.25, -0.2) is 14.0 Å². The maximum atomic E-state index is 13.7. The van der Waals surface area contributed by atoms with E-state index in [2.05, 4.69) is 9.65 Å². The molecule has 0 saturated carbocycles. The van der Waals surface area contributed by atoms with Gasteiger partial charge in [-0.3, -0.25) is 0 Å². The molecular formula is C14H23FN2O3S. The van der Waals surface area contributed by atoms with Gasteiger partial charge in [0.1, 0.15) is 18.0 Å². The quantitative estimate of drug-likeness (QED) is 0.214. The van der Waals surface area contributed by atoms with Gasteiger partial charge >= 0.3 is 0 Å². The molecule has 1 aromatic rings. The minimum absolute atomic E-state index is 0.288. The van der Waals surface area contributed by atoms with Crippen LogP contribution in [0.2, 0.25) is 0 Å². The number of aliphatic hydroxyl groups is 1. The zero-order valence-electron chi connectivity index (χ0n) is 12.5. The lowest BCUT2D eigenvalue weighted by atomic mass is 9.91. The summed E-state index contributed by atoms with van der Waals surface area (Å²) in [4.78, 5) is 0.